The summed E-state index contributed by atoms with van der Waals surface area (Å²) in [6.07, 6.45) is 0.809. The van der Waals surface area contributed by atoms with Gasteiger partial charge in [0.2, 0.25) is 0 Å². The fourth-order valence-corrected chi connectivity index (χ4v) is 3.05. The first-order valence-electron chi connectivity index (χ1n) is 6.24. The monoisotopic (exact) mass is 318 g/mol. The van der Waals surface area contributed by atoms with Crippen molar-refractivity contribution in [3.05, 3.63) is 32.3 Å². The molecular weight excluding hydrogens is 303 g/mol. The normalized spacial score (nSPS) is 24.1. The van der Waals surface area contributed by atoms with Crippen LogP contribution in [0.3, 0.4) is 0 Å². The second kappa shape index (κ2) is 5.39. The Kier molecular flexibility index (Phi) is 4.14. The van der Waals surface area contributed by atoms with Gasteiger partial charge in [-0.25, -0.2) is 0 Å². The van der Waals surface area contributed by atoms with E-state index in [1.807, 2.05) is 7.05 Å². The summed E-state index contributed by atoms with van der Waals surface area (Å²) in [5.41, 5.74) is -0.197. The molecule has 0 aliphatic heterocycles. The number of hydrogen-bond donors (Lipinski definition) is 1. The third-order valence-electron chi connectivity index (χ3n) is 3.98. The fraction of sp³-hybridized carbons (Fsp3) is 0.538. The van der Waals surface area contributed by atoms with E-state index in [-0.39, 0.29) is 27.3 Å². The molecule has 1 aliphatic carbocycles. The summed E-state index contributed by atoms with van der Waals surface area (Å²) in [5, 5.41) is 14.3. The van der Waals surface area contributed by atoms with Crippen molar-refractivity contribution >= 4 is 28.9 Å². The molecule has 0 bridgehead atoms. The number of benzene rings is 1. The first-order chi connectivity index (χ1) is 9.27. The van der Waals surface area contributed by atoms with E-state index in [0.717, 1.165) is 6.42 Å². The predicted molar refractivity (Wildman–Crippen MR) is 78.8 cm³/mol. The molecular formula is C13H16Cl2N2O3. The summed E-state index contributed by atoms with van der Waals surface area (Å²) in [6, 6.07) is 2.87. The van der Waals surface area contributed by atoms with Gasteiger partial charge in [0.05, 0.1) is 15.0 Å². The van der Waals surface area contributed by atoms with Crippen molar-refractivity contribution in [1.82, 2.24) is 5.32 Å². The van der Waals surface area contributed by atoms with E-state index in [2.05, 4.69) is 19.2 Å². The number of nitro benzene ring substituents is 1. The Bertz CT molecular complexity index is 525. The van der Waals surface area contributed by atoms with Crippen LogP contribution in [0, 0.1) is 15.5 Å². The lowest BCUT2D eigenvalue weighted by molar-refractivity contribution is -0.384. The first-order valence-corrected chi connectivity index (χ1v) is 7.00. The van der Waals surface area contributed by atoms with Gasteiger partial charge in [-0.15, -0.1) is 0 Å². The molecule has 110 valence electrons. The highest BCUT2D eigenvalue weighted by atomic mass is 35.5. The molecule has 0 radical (unpaired) electrons. The molecule has 0 spiro atoms. The molecule has 1 saturated carbocycles. The maximum Gasteiger partial charge on any atom is 0.272 e. The smallest absolute Gasteiger partial charge is 0.272 e. The van der Waals surface area contributed by atoms with E-state index in [0.29, 0.717) is 11.8 Å². The molecule has 1 aromatic rings. The Morgan fingerprint density at radius 1 is 1.40 bits per heavy atom. The maximum atomic E-state index is 10.7. The zero-order chi connectivity index (χ0) is 15.1. The minimum atomic E-state index is -0.536. The third-order valence-corrected chi connectivity index (χ3v) is 4.54. The Morgan fingerprint density at radius 3 is 2.35 bits per heavy atom. The van der Waals surface area contributed by atoms with Gasteiger partial charge >= 0.3 is 0 Å². The summed E-state index contributed by atoms with van der Waals surface area (Å²) >= 11 is 12.1. The van der Waals surface area contributed by atoms with Gasteiger partial charge in [0.15, 0.2) is 5.75 Å². The quantitative estimate of drug-likeness (QED) is 0.679. The van der Waals surface area contributed by atoms with Crippen LogP contribution in [0.15, 0.2) is 12.1 Å². The number of non-ortho nitro benzene ring substituents is 1. The van der Waals surface area contributed by atoms with Gasteiger partial charge in [0.25, 0.3) is 5.69 Å². The van der Waals surface area contributed by atoms with Crippen molar-refractivity contribution in [3.63, 3.8) is 0 Å². The summed E-state index contributed by atoms with van der Waals surface area (Å²) in [7, 11) is 1.91. The second-order valence-corrected chi connectivity index (χ2v) is 6.31. The summed E-state index contributed by atoms with van der Waals surface area (Å²) in [5.74, 6) is 0.312. The van der Waals surface area contributed by atoms with Crippen LogP contribution >= 0.6 is 23.2 Å². The Morgan fingerprint density at radius 2 is 1.95 bits per heavy atom. The molecule has 1 fully saturated rings. The molecule has 0 aromatic heterocycles. The van der Waals surface area contributed by atoms with Crippen molar-refractivity contribution in [2.75, 3.05) is 7.05 Å². The van der Waals surface area contributed by atoms with Crippen LogP contribution in [0.4, 0.5) is 5.69 Å². The van der Waals surface area contributed by atoms with Crippen LogP contribution in [-0.4, -0.2) is 24.1 Å². The first kappa shape index (κ1) is 15.4. The minimum Gasteiger partial charge on any atom is -0.487 e. The van der Waals surface area contributed by atoms with E-state index in [1.54, 1.807) is 0 Å². The Hall–Kier alpha value is -1.04. The zero-order valence-electron chi connectivity index (χ0n) is 11.4. The molecule has 7 heteroatoms. The Labute approximate surface area is 127 Å². The lowest BCUT2D eigenvalue weighted by Crippen LogP contribution is -2.61. The molecule has 2 unspecified atom stereocenters. The highest BCUT2D eigenvalue weighted by Gasteiger charge is 2.49. The molecule has 2 atom stereocenters. The van der Waals surface area contributed by atoms with E-state index in [1.165, 1.54) is 12.1 Å². The highest BCUT2D eigenvalue weighted by molar-refractivity contribution is 6.37. The third kappa shape index (κ3) is 2.57. The van der Waals surface area contributed by atoms with Gasteiger partial charge in [-0.1, -0.05) is 37.0 Å². The summed E-state index contributed by atoms with van der Waals surface area (Å²) in [4.78, 5) is 10.2. The largest absolute Gasteiger partial charge is 0.487 e. The summed E-state index contributed by atoms with van der Waals surface area (Å²) < 4.78 is 5.87. The highest BCUT2D eigenvalue weighted by Crippen LogP contribution is 2.46. The van der Waals surface area contributed by atoms with Gasteiger partial charge in [-0.05, 0) is 7.05 Å². The van der Waals surface area contributed by atoms with Gasteiger partial charge in [-0.3, -0.25) is 10.1 Å². The van der Waals surface area contributed by atoms with Crippen molar-refractivity contribution in [1.29, 1.82) is 0 Å². The van der Waals surface area contributed by atoms with Gasteiger partial charge in [-0.2, -0.15) is 0 Å². The SMILES string of the molecule is CNC1CC(Oc2c(Cl)cc([N+](=O)[O-])cc2Cl)C1(C)C. The molecule has 1 N–H and O–H groups in total. The van der Waals surface area contributed by atoms with Crippen LogP contribution in [-0.2, 0) is 0 Å². The standard InChI is InChI=1S/C13H16Cl2N2O3/c1-13(2)10(16-3)6-11(13)20-12-8(14)4-7(17(18)19)5-9(12)15/h4-5,10-11,16H,6H2,1-3H3. The van der Waals surface area contributed by atoms with Gasteiger partial charge in [0, 0.05) is 30.0 Å². The van der Waals surface area contributed by atoms with Crippen LogP contribution in [0.1, 0.15) is 20.3 Å². The number of halogens is 2. The molecule has 0 heterocycles. The number of hydrogen-bond acceptors (Lipinski definition) is 4. The molecule has 1 aliphatic rings. The van der Waals surface area contributed by atoms with Gasteiger partial charge in [0.1, 0.15) is 6.10 Å². The molecule has 20 heavy (non-hydrogen) atoms. The van der Waals surface area contributed by atoms with Crippen LogP contribution < -0.4 is 10.1 Å². The minimum absolute atomic E-state index is 0.0311. The molecule has 5 nitrogen and oxygen atoms in total. The number of nitro groups is 1. The van der Waals surface area contributed by atoms with Gasteiger partial charge < -0.3 is 10.1 Å². The van der Waals surface area contributed by atoms with Crippen LogP contribution in [0.2, 0.25) is 10.0 Å². The van der Waals surface area contributed by atoms with Crippen molar-refractivity contribution in [3.8, 4) is 5.75 Å². The van der Waals surface area contributed by atoms with Crippen molar-refractivity contribution < 1.29 is 9.66 Å². The number of nitrogens with one attached hydrogen (secondary N) is 1. The topological polar surface area (TPSA) is 64.4 Å². The maximum absolute atomic E-state index is 10.7. The van der Waals surface area contributed by atoms with Crippen LogP contribution in [0.5, 0.6) is 5.75 Å². The zero-order valence-corrected chi connectivity index (χ0v) is 13.0. The predicted octanol–water partition coefficient (Wildman–Crippen LogP) is 3.67. The second-order valence-electron chi connectivity index (χ2n) is 5.50. The van der Waals surface area contributed by atoms with Crippen LogP contribution in [0.25, 0.3) is 0 Å². The fourth-order valence-electron chi connectivity index (χ4n) is 2.48. The Balaban J connectivity index is 2.21. The number of ether oxygens (including phenoxy) is 1. The van der Waals surface area contributed by atoms with E-state index in [4.69, 9.17) is 27.9 Å². The van der Waals surface area contributed by atoms with E-state index in [9.17, 15) is 10.1 Å². The molecule has 2 rings (SSSR count). The van der Waals surface area contributed by atoms with E-state index >= 15 is 0 Å². The summed E-state index contributed by atoms with van der Waals surface area (Å²) in [6.45, 7) is 4.19. The van der Waals surface area contributed by atoms with E-state index < -0.39 is 4.92 Å². The average molecular weight is 319 g/mol. The molecule has 0 amide bonds. The average Bonchev–Trinajstić information content (AvgIpc) is 2.35. The molecule has 0 saturated heterocycles. The lowest BCUT2D eigenvalue weighted by atomic mass is 9.64. The number of nitrogens with zero attached hydrogens (tertiary/aromatic N) is 1. The lowest BCUT2D eigenvalue weighted by Gasteiger charge is -2.51. The number of rotatable bonds is 4. The van der Waals surface area contributed by atoms with Crippen molar-refractivity contribution in [2.45, 2.75) is 32.4 Å². The molecule has 1 aromatic carbocycles. The van der Waals surface area contributed by atoms with Crippen molar-refractivity contribution in [2.24, 2.45) is 5.41 Å².